The second-order valence-electron chi connectivity index (χ2n) is 12.1. The predicted molar refractivity (Wildman–Crippen MR) is 198 cm³/mol. The van der Waals surface area contributed by atoms with E-state index in [1.807, 2.05) is 80.6 Å². The Labute approximate surface area is 295 Å². The summed E-state index contributed by atoms with van der Waals surface area (Å²) in [6, 6.07) is 24.9. The molecule has 50 heavy (non-hydrogen) atoms. The molecule has 1 aliphatic rings. The summed E-state index contributed by atoms with van der Waals surface area (Å²) >= 11 is 1.26. The van der Waals surface area contributed by atoms with Crippen molar-refractivity contribution in [1.82, 2.24) is 4.57 Å². The normalized spacial score (nSPS) is 14.4. The number of rotatable bonds is 12. The van der Waals surface area contributed by atoms with Crippen molar-refractivity contribution in [2.75, 3.05) is 13.7 Å². The zero-order valence-electron chi connectivity index (χ0n) is 28.9. The minimum absolute atomic E-state index is 0.123. The molecule has 1 aliphatic heterocycles. The van der Waals surface area contributed by atoms with Crippen molar-refractivity contribution in [3.05, 3.63) is 145 Å². The van der Waals surface area contributed by atoms with Gasteiger partial charge in [-0.15, -0.1) is 6.58 Å². The van der Waals surface area contributed by atoms with E-state index in [4.69, 9.17) is 23.9 Å². The Hall–Kier alpha value is -5.41. The van der Waals surface area contributed by atoms with E-state index in [0.717, 1.165) is 27.5 Å². The van der Waals surface area contributed by atoms with Crippen LogP contribution in [0.25, 0.3) is 16.8 Å². The van der Waals surface area contributed by atoms with Crippen molar-refractivity contribution in [2.45, 2.75) is 52.9 Å². The van der Waals surface area contributed by atoms with Crippen LogP contribution in [-0.4, -0.2) is 30.4 Å². The molecule has 5 aromatic rings. The molecule has 0 aliphatic carbocycles. The molecule has 0 amide bonds. The highest BCUT2D eigenvalue weighted by Gasteiger charge is 2.35. The van der Waals surface area contributed by atoms with E-state index in [0.29, 0.717) is 56.4 Å². The maximum absolute atomic E-state index is 14.4. The van der Waals surface area contributed by atoms with Crippen LogP contribution in [0.1, 0.15) is 56.0 Å². The van der Waals surface area contributed by atoms with Gasteiger partial charge >= 0.3 is 5.97 Å². The number of methoxy groups -OCH3 is 1. The monoisotopic (exact) mass is 688 g/mol. The molecular weight excluding hydrogens is 649 g/mol. The lowest BCUT2D eigenvalue weighted by Gasteiger charge is -2.26. The number of hydrogen-bond acceptors (Lipinski definition) is 8. The lowest BCUT2D eigenvalue weighted by Crippen LogP contribution is -2.40. The van der Waals surface area contributed by atoms with Gasteiger partial charge in [-0.05, 0) is 80.3 Å². The highest BCUT2D eigenvalue weighted by atomic mass is 32.1. The number of benzene rings is 4. The quantitative estimate of drug-likeness (QED) is 0.103. The minimum Gasteiger partial charge on any atom is -0.493 e. The Morgan fingerprint density at radius 3 is 2.54 bits per heavy atom. The predicted octanol–water partition coefficient (Wildman–Crippen LogP) is 7.05. The summed E-state index contributed by atoms with van der Waals surface area (Å²) in [5.41, 5.74) is 3.87. The second kappa shape index (κ2) is 15.0. The van der Waals surface area contributed by atoms with Crippen LogP contribution in [0, 0.1) is 0 Å². The number of carbonyl (C=O) groups is 1. The Morgan fingerprint density at radius 2 is 1.78 bits per heavy atom. The lowest BCUT2D eigenvalue weighted by atomic mass is 9.95. The van der Waals surface area contributed by atoms with Crippen LogP contribution in [0.15, 0.2) is 113 Å². The number of carbonyl (C=O) groups excluding carboxylic acids is 1. The van der Waals surface area contributed by atoms with Gasteiger partial charge in [-0.3, -0.25) is 9.36 Å². The van der Waals surface area contributed by atoms with Crippen molar-refractivity contribution in [1.29, 1.82) is 0 Å². The van der Waals surface area contributed by atoms with Crippen molar-refractivity contribution in [3.8, 4) is 17.2 Å². The molecule has 0 unspecified atom stereocenters. The van der Waals surface area contributed by atoms with Gasteiger partial charge in [0.1, 0.15) is 18.4 Å². The van der Waals surface area contributed by atoms with Crippen LogP contribution in [0.5, 0.6) is 17.2 Å². The number of aromatic nitrogens is 1. The fourth-order valence-electron chi connectivity index (χ4n) is 6.26. The summed E-state index contributed by atoms with van der Waals surface area (Å²) in [5, 5.41) is 2.27. The first kappa shape index (κ1) is 34.5. The number of thiazole rings is 1. The molecular formula is C41H40N2O6S. The Morgan fingerprint density at radius 1 is 1.02 bits per heavy atom. The Balaban J connectivity index is 1.45. The largest absolute Gasteiger partial charge is 0.493 e. The molecule has 2 heterocycles. The number of nitrogens with zero attached hydrogens (tertiary/aromatic N) is 2. The maximum atomic E-state index is 14.4. The molecule has 0 saturated carbocycles. The number of ether oxygens (including phenoxy) is 4. The smallest absolute Gasteiger partial charge is 0.338 e. The van der Waals surface area contributed by atoms with E-state index < -0.39 is 12.0 Å². The summed E-state index contributed by atoms with van der Waals surface area (Å²) in [4.78, 5) is 33.0. The first-order valence-electron chi connectivity index (χ1n) is 16.6. The molecule has 1 atom stereocenters. The van der Waals surface area contributed by atoms with Gasteiger partial charge in [-0.1, -0.05) is 78.1 Å². The van der Waals surface area contributed by atoms with Gasteiger partial charge < -0.3 is 18.9 Å². The van der Waals surface area contributed by atoms with Gasteiger partial charge in [0.05, 0.1) is 35.6 Å². The molecule has 1 aromatic heterocycles. The van der Waals surface area contributed by atoms with Crippen LogP contribution in [0.3, 0.4) is 0 Å². The summed E-state index contributed by atoms with van der Waals surface area (Å²) in [6.07, 6.45) is 4.04. The van der Waals surface area contributed by atoms with E-state index in [-0.39, 0.29) is 18.3 Å². The van der Waals surface area contributed by atoms with Gasteiger partial charge in [-0.25, -0.2) is 9.79 Å². The molecule has 256 valence electrons. The summed E-state index contributed by atoms with van der Waals surface area (Å²) in [6.45, 7) is 11.9. The summed E-state index contributed by atoms with van der Waals surface area (Å²) < 4.78 is 25.9. The van der Waals surface area contributed by atoms with Crippen LogP contribution < -0.4 is 29.1 Å². The zero-order valence-corrected chi connectivity index (χ0v) is 29.7. The molecule has 0 N–H and O–H groups in total. The minimum atomic E-state index is -0.793. The summed E-state index contributed by atoms with van der Waals surface area (Å²) in [5.74, 6) is 1.22. The number of hydrogen-bond donors (Lipinski definition) is 0. The first-order chi connectivity index (χ1) is 24.2. The van der Waals surface area contributed by atoms with Crippen molar-refractivity contribution >= 4 is 34.2 Å². The van der Waals surface area contributed by atoms with Gasteiger partial charge in [0, 0.05) is 11.1 Å². The second-order valence-corrected chi connectivity index (χ2v) is 13.1. The van der Waals surface area contributed by atoms with Crippen LogP contribution in [0.4, 0.5) is 0 Å². The standard InChI is InChI=1S/C41H40N2O6S/c1-7-14-29-21-27(22-34(46-6)38(29)48-24-30-17-13-16-28-15-9-10-18-31(28)30)23-35-39(44)43-37(32-19-11-12-20-33(32)49-25(3)4)36(40(45)47-8-2)26(5)42-41(43)50-35/h7,9-13,15-23,25,37H,1,8,14,24H2,2-6H3/b35-23+/t37-/m0/s1. The number of fused-ring (bicyclic) bond motifs is 2. The SMILES string of the molecule is C=CCc1cc(/C=c2/sc3n(c2=O)[C@@H](c2ccccc2OC(C)C)C(C(=O)OCC)=C(C)N=3)cc(OC)c1OCc1cccc2ccccc12. The molecule has 0 fully saturated rings. The topological polar surface area (TPSA) is 88.4 Å². The number of allylic oxidation sites excluding steroid dienone is 2. The molecule has 8 nitrogen and oxygen atoms in total. The van der Waals surface area contributed by atoms with E-state index in [1.165, 1.54) is 11.3 Å². The fraction of sp³-hybridized carbons (Fsp3) is 0.244. The molecule has 0 bridgehead atoms. The maximum Gasteiger partial charge on any atom is 0.338 e. The van der Waals surface area contributed by atoms with Gasteiger partial charge in [0.2, 0.25) is 0 Å². The van der Waals surface area contributed by atoms with Crippen molar-refractivity contribution in [2.24, 2.45) is 4.99 Å². The molecule has 0 saturated heterocycles. The molecule has 9 heteroatoms. The number of para-hydroxylation sites is 1. The highest BCUT2D eigenvalue weighted by Crippen LogP contribution is 2.37. The summed E-state index contributed by atoms with van der Waals surface area (Å²) in [7, 11) is 1.60. The van der Waals surface area contributed by atoms with Gasteiger partial charge in [0.15, 0.2) is 16.3 Å². The molecule has 0 spiro atoms. The third-order valence-corrected chi connectivity index (χ3v) is 9.36. The van der Waals surface area contributed by atoms with Crippen molar-refractivity contribution in [3.63, 3.8) is 0 Å². The van der Waals surface area contributed by atoms with E-state index in [2.05, 4.69) is 30.8 Å². The average Bonchev–Trinajstić information content (AvgIpc) is 3.40. The molecule has 0 radical (unpaired) electrons. The van der Waals surface area contributed by atoms with Gasteiger partial charge in [0.25, 0.3) is 5.56 Å². The van der Waals surface area contributed by atoms with E-state index >= 15 is 0 Å². The molecule has 4 aromatic carbocycles. The van der Waals surface area contributed by atoms with E-state index in [1.54, 1.807) is 25.5 Å². The number of esters is 1. The fourth-order valence-corrected chi connectivity index (χ4v) is 7.31. The Bertz CT molecular complexity index is 2290. The van der Waals surface area contributed by atoms with E-state index in [9.17, 15) is 9.59 Å². The van der Waals surface area contributed by atoms with Crippen LogP contribution in [0.2, 0.25) is 0 Å². The van der Waals surface area contributed by atoms with Crippen LogP contribution >= 0.6 is 11.3 Å². The third kappa shape index (κ3) is 6.87. The van der Waals surface area contributed by atoms with Crippen LogP contribution in [-0.2, 0) is 22.6 Å². The lowest BCUT2D eigenvalue weighted by molar-refractivity contribution is -0.139. The zero-order chi connectivity index (χ0) is 35.4. The third-order valence-electron chi connectivity index (χ3n) is 8.38. The molecule has 6 rings (SSSR count). The van der Waals surface area contributed by atoms with Crippen molar-refractivity contribution < 1.29 is 23.7 Å². The Kier molecular flexibility index (Phi) is 10.3. The first-order valence-corrected chi connectivity index (χ1v) is 17.4. The highest BCUT2D eigenvalue weighted by molar-refractivity contribution is 7.07. The average molecular weight is 689 g/mol. The van der Waals surface area contributed by atoms with Gasteiger partial charge in [-0.2, -0.15) is 0 Å².